The van der Waals surface area contributed by atoms with Crippen molar-refractivity contribution in [2.24, 2.45) is 4.99 Å². The first-order valence-electron chi connectivity index (χ1n) is 8.85. The number of hydrogen-bond acceptors (Lipinski definition) is 5. The van der Waals surface area contributed by atoms with E-state index in [-0.39, 0.29) is 5.91 Å². The molecule has 0 saturated heterocycles. The second-order valence-corrected chi connectivity index (χ2v) is 7.16. The molecule has 6 nitrogen and oxygen atoms in total. The third-order valence-electron chi connectivity index (χ3n) is 4.31. The standard InChI is InChI=1S/C20H20N2O4S/c1-3-7-22-15-11-16-17(26-9-8-25-16)12-18(15)27-20(22)21-19(23)13-5-4-6-14(10-13)24-2/h4-6,10-12H,3,7-9H2,1-2H3. The zero-order chi connectivity index (χ0) is 18.8. The highest BCUT2D eigenvalue weighted by Crippen LogP contribution is 2.35. The lowest BCUT2D eigenvalue weighted by Crippen LogP contribution is -2.17. The summed E-state index contributed by atoms with van der Waals surface area (Å²) in [5.74, 6) is 1.82. The highest BCUT2D eigenvalue weighted by atomic mass is 32.1. The van der Waals surface area contributed by atoms with Gasteiger partial charge in [0.15, 0.2) is 16.3 Å². The molecule has 4 rings (SSSR count). The topological polar surface area (TPSA) is 62.1 Å². The molecule has 27 heavy (non-hydrogen) atoms. The minimum absolute atomic E-state index is 0.289. The molecule has 0 N–H and O–H groups in total. The number of benzene rings is 2. The largest absolute Gasteiger partial charge is 0.497 e. The van der Waals surface area contributed by atoms with Crippen molar-refractivity contribution >= 4 is 27.5 Å². The van der Waals surface area contributed by atoms with Crippen molar-refractivity contribution < 1.29 is 19.0 Å². The van der Waals surface area contributed by atoms with Crippen LogP contribution in [0.4, 0.5) is 0 Å². The van der Waals surface area contributed by atoms with E-state index in [0.29, 0.717) is 29.3 Å². The van der Waals surface area contributed by atoms with Crippen LogP contribution < -0.4 is 19.0 Å². The molecule has 3 aromatic rings. The van der Waals surface area contributed by atoms with Gasteiger partial charge in [0.05, 0.1) is 17.3 Å². The lowest BCUT2D eigenvalue weighted by atomic mass is 10.2. The van der Waals surface area contributed by atoms with Gasteiger partial charge in [0.2, 0.25) is 0 Å². The van der Waals surface area contributed by atoms with Crippen LogP contribution in [0.5, 0.6) is 17.2 Å². The average Bonchev–Trinajstić information content (AvgIpc) is 3.02. The molecule has 0 bridgehead atoms. The van der Waals surface area contributed by atoms with Gasteiger partial charge in [-0.15, -0.1) is 0 Å². The smallest absolute Gasteiger partial charge is 0.279 e. The van der Waals surface area contributed by atoms with Crippen molar-refractivity contribution in [2.45, 2.75) is 19.9 Å². The number of methoxy groups -OCH3 is 1. The third kappa shape index (κ3) is 3.42. The van der Waals surface area contributed by atoms with E-state index in [1.165, 1.54) is 11.3 Å². The van der Waals surface area contributed by atoms with Crippen LogP contribution >= 0.6 is 11.3 Å². The van der Waals surface area contributed by atoms with E-state index in [4.69, 9.17) is 14.2 Å². The van der Waals surface area contributed by atoms with Gasteiger partial charge in [-0.25, -0.2) is 0 Å². The fraction of sp³-hybridized carbons (Fsp3) is 0.300. The zero-order valence-corrected chi connectivity index (χ0v) is 16.0. The molecule has 1 aliphatic rings. The van der Waals surface area contributed by atoms with E-state index < -0.39 is 0 Å². The van der Waals surface area contributed by atoms with E-state index in [2.05, 4.69) is 16.5 Å². The Morgan fingerprint density at radius 3 is 2.74 bits per heavy atom. The Morgan fingerprint density at radius 2 is 2.00 bits per heavy atom. The minimum atomic E-state index is -0.289. The summed E-state index contributed by atoms with van der Waals surface area (Å²) >= 11 is 1.48. The number of aryl methyl sites for hydroxylation is 1. The van der Waals surface area contributed by atoms with Crippen molar-refractivity contribution in [3.63, 3.8) is 0 Å². The Morgan fingerprint density at radius 1 is 1.22 bits per heavy atom. The van der Waals surface area contributed by atoms with Crippen LogP contribution in [-0.4, -0.2) is 30.8 Å². The van der Waals surface area contributed by atoms with Gasteiger partial charge in [0.25, 0.3) is 5.91 Å². The van der Waals surface area contributed by atoms with Crippen molar-refractivity contribution in [2.75, 3.05) is 20.3 Å². The number of carbonyl (C=O) groups excluding carboxylic acids is 1. The molecule has 0 atom stereocenters. The first-order valence-corrected chi connectivity index (χ1v) is 9.67. The van der Waals surface area contributed by atoms with Gasteiger partial charge >= 0.3 is 0 Å². The summed E-state index contributed by atoms with van der Waals surface area (Å²) in [7, 11) is 1.58. The predicted molar refractivity (Wildman–Crippen MR) is 104 cm³/mol. The van der Waals surface area contributed by atoms with E-state index >= 15 is 0 Å². The molecule has 7 heteroatoms. The molecule has 140 valence electrons. The lowest BCUT2D eigenvalue weighted by Gasteiger charge is -2.18. The molecule has 0 saturated carbocycles. The second kappa shape index (κ2) is 7.44. The van der Waals surface area contributed by atoms with Crippen molar-refractivity contribution in [3.8, 4) is 17.2 Å². The quantitative estimate of drug-likeness (QED) is 0.689. The highest BCUT2D eigenvalue weighted by Gasteiger charge is 2.17. The van der Waals surface area contributed by atoms with Crippen LogP contribution in [0.3, 0.4) is 0 Å². The number of hydrogen-bond donors (Lipinski definition) is 0. The molecule has 1 aliphatic heterocycles. The van der Waals surface area contributed by atoms with Gasteiger partial charge in [0.1, 0.15) is 19.0 Å². The zero-order valence-electron chi connectivity index (χ0n) is 15.2. The van der Waals surface area contributed by atoms with Gasteiger partial charge in [-0.1, -0.05) is 24.3 Å². The Labute approximate surface area is 160 Å². The van der Waals surface area contributed by atoms with Crippen molar-refractivity contribution in [1.82, 2.24) is 4.57 Å². The fourth-order valence-corrected chi connectivity index (χ4v) is 4.10. The van der Waals surface area contributed by atoms with Gasteiger partial charge in [-0.2, -0.15) is 4.99 Å². The maximum Gasteiger partial charge on any atom is 0.279 e. The Kier molecular flexibility index (Phi) is 4.85. The van der Waals surface area contributed by atoms with Crippen LogP contribution in [0.15, 0.2) is 41.4 Å². The van der Waals surface area contributed by atoms with E-state index in [1.807, 2.05) is 12.1 Å². The first kappa shape index (κ1) is 17.6. The molecule has 0 radical (unpaired) electrons. The first-order chi connectivity index (χ1) is 13.2. The Bertz CT molecular complexity index is 1070. The minimum Gasteiger partial charge on any atom is -0.497 e. The number of nitrogens with zero attached hydrogens (tertiary/aromatic N) is 2. The van der Waals surface area contributed by atoms with Crippen molar-refractivity contribution in [1.29, 1.82) is 0 Å². The van der Waals surface area contributed by atoms with Gasteiger partial charge in [0, 0.05) is 24.2 Å². The molecule has 0 spiro atoms. The number of aromatic nitrogens is 1. The molecule has 2 heterocycles. The molecule has 2 aromatic carbocycles. The molecule has 0 unspecified atom stereocenters. The average molecular weight is 384 g/mol. The Balaban J connectivity index is 1.83. The maximum absolute atomic E-state index is 12.7. The van der Waals surface area contributed by atoms with Gasteiger partial charge < -0.3 is 18.8 Å². The van der Waals surface area contributed by atoms with Gasteiger partial charge in [-0.3, -0.25) is 4.79 Å². The summed E-state index contributed by atoms with van der Waals surface area (Å²) in [6.07, 6.45) is 0.931. The van der Waals surface area contributed by atoms with Crippen LogP contribution in [0, 0.1) is 0 Å². The number of rotatable bonds is 4. The van der Waals surface area contributed by atoms with Crippen LogP contribution in [-0.2, 0) is 6.54 Å². The SMILES string of the molecule is CCCn1c(=NC(=O)c2cccc(OC)c2)sc2cc3c(cc21)OCCO3. The molecule has 1 amide bonds. The molecule has 0 fully saturated rings. The van der Waals surface area contributed by atoms with Crippen LogP contribution in [0.2, 0.25) is 0 Å². The van der Waals surface area contributed by atoms with Crippen LogP contribution in [0.25, 0.3) is 10.2 Å². The monoisotopic (exact) mass is 384 g/mol. The lowest BCUT2D eigenvalue weighted by molar-refractivity contribution is 0.0997. The summed E-state index contributed by atoms with van der Waals surface area (Å²) in [6.45, 7) is 3.96. The summed E-state index contributed by atoms with van der Waals surface area (Å²) in [5, 5.41) is 0. The summed E-state index contributed by atoms with van der Waals surface area (Å²) < 4.78 is 19.7. The summed E-state index contributed by atoms with van der Waals surface area (Å²) in [6, 6.07) is 11.0. The molecular weight excluding hydrogens is 364 g/mol. The van der Waals surface area contributed by atoms with E-state index in [0.717, 1.165) is 34.7 Å². The maximum atomic E-state index is 12.7. The summed E-state index contributed by atoms with van der Waals surface area (Å²) in [5.41, 5.74) is 1.50. The molecular formula is C20H20N2O4S. The van der Waals surface area contributed by atoms with E-state index in [9.17, 15) is 4.79 Å². The number of ether oxygens (including phenoxy) is 3. The second-order valence-electron chi connectivity index (χ2n) is 6.15. The number of thiazole rings is 1. The van der Waals surface area contributed by atoms with Crippen LogP contribution in [0.1, 0.15) is 23.7 Å². The highest BCUT2D eigenvalue weighted by molar-refractivity contribution is 7.16. The molecule has 1 aromatic heterocycles. The molecule has 0 aliphatic carbocycles. The third-order valence-corrected chi connectivity index (χ3v) is 5.35. The number of fused-ring (bicyclic) bond motifs is 2. The van der Waals surface area contributed by atoms with E-state index in [1.54, 1.807) is 31.4 Å². The fourth-order valence-electron chi connectivity index (χ4n) is 3.04. The number of carbonyl (C=O) groups is 1. The normalized spacial score (nSPS) is 13.8. The Hall–Kier alpha value is -2.80. The number of amides is 1. The summed E-state index contributed by atoms with van der Waals surface area (Å²) in [4.78, 5) is 17.8. The predicted octanol–water partition coefficient (Wildman–Crippen LogP) is 3.63. The van der Waals surface area contributed by atoms with Crippen molar-refractivity contribution in [3.05, 3.63) is 46.8 Å². The van der Waals surface area contributed by atoms with Gasteiger partial charge in [-0.05, 0) is 24.6 Å².